The smallest absolute Gasteiger partial charge is 0.193 e. The Morgan fingerprint density at radius 1 is 1.05 bits per heavy atom. The fourth-order valence-corrected chi connectivity index (χ4v) is 3.28. The highest BCUT2D eigenvalue weighted by molar-refractivity contribution is 7.92. The summed E-state index contributed by atoms with van der Waals surface area (Å²) >= 11 is 0. The second-order valence-corrected chi connectivity index (χ2v) is 7.02. The van der Waals surface area contributed by atoms with Crippen molar-refractivity contribution in [2.45, 2.75) is 55.7 Å². The summed E-state index contributed by atoms with van der Waals surface area (Å²) in [5.74, 6) is 0. The largest absolute Gasteiger partial charge is 0.399 e. The van der Waals surface area contributed by atoms with E-state index in [0.29, 0.717) is 12.1 Å². The van der Waals surface area contributed by atoms with Crippen LogP contribution >= 0.6 is 0 Å². The van der Waals surface area contributed by atoms with Gasteiger partial charge in [0.1, 0.15) is 5.37 Å². The van der Waals surface area contributed by atoms with E-state index in [1.54, 1.807) is 12.1 Å². The Bertz CT molecular complexity index is 469. The molecule has 1 aromatic carbocycles. The van der Waals surface area contributed by atoms with Gasteiger partial charge in [-0.3, -0.25) is 0 Å². The molecule has 0 spiro atoms. The summed E-state index contributed by atoms with van der Waals surface area (Å²) in [6.07, 6.45) is 5.92. The lowest BCUT2D eigenvalue weighted by Gasteiger charge is -2.13. The van der Waals surface area contributed by atoms with E-state index in [0.717, 1.165) is 19.3 Å². The van der Waals surface area contributed by atoms with Crippen molar-refractivity contribution in [3.05, 3.63) is 24.3 Å². The first-order valence-electron chi connectivity index (χ1n) is 6.83. The van der Waals surface area contributed by atoms with Crippen LogP contribution in [-0.4, -0.2) is 13.8 Å². The molecule has 4 nitrogen and oxygen atoms in total. The number of sulfone groups is 1. The maximum absolute atomic E-state index is 12.2. The number of nitrogen functional groups attached to an aromatic ring is 1. The van der Waals surface area contributed by atoms with Gasteiger partial charge in [-0.1, -0.05) is 39.0 Å². The van der Waals surface area contributed by atoms with Gasteiger partial charge in [-0.2, -0.15) is 0 Å². The third-order valence-corrected chi connectivity index (χ3v) is 5.16. The molecule has 4 N–H and O–H groups in total. The molecule has 108 valence electrons. The van der Waals surface area contributed by atoms with Crippen LogP contribution in [0.1, 0.15) is 45.4 Å². The minimum absolute atomic E-state index is 0.253. The molecule has 19 heavy (non-hydrogen) atoms. The lowest BCUT2D eigenvalue weighted by Crippen LogP contribution is -2.30. The highest BCUT2D eigenvalue weighted by atomic mass is 32.2. The van der Waals surface area contributed by atoms with Gasteiger partial charge in [0, 0.05) is 5.69 Å². The summed E-state index contributed by atoms with van der Waals surface area (Å²) in [6, 6.07) is 6.20. The summed E-state index contributed by atoms with van der Waals surface area (Å²) in [4.78, 5) is 0.253. The first-order valence-corrected chi connectivity index (χ1v) is 8.38. The van der Waals surface area contributed by atoms with Gasteiger partial charge in [-0.15, -0.1) is 0 Å². The molecule has 0 aliphatic heterocycles. The third kappa shape index (κ3) is 4.84. The quantitative estimate of drug-likeness (QED) is 0.567. The molecule has 0 aliphatic carbocycles. The SMILES string of the molecule is CCCCCCCC(N)S(=O)(=O)c1ccc(N)cc1. The van der Waals surface area contributed by atoms with Crippen molar-refractivity contribution in [1.29, 1.82) is 0 Å². The van der Waals surface area contributed by atoms with Gasteiger partial charge in [-0.05, 0) is 30.7 Å². The number of nitrogens with two attached hydrogens (primary N) is 2. The Morgan fingerprint density at radius 2 is 1.63 bits per heavy atom. The van der Waals surface area contributed by atoms with Gasteiger partial charge in [0.25, 0.3) is 0 Å². The Morgan fingerprint density at radius 3 is 2.21 bits per heavy atom. The van der Waals surface area contributed by atoms with Crippen molar-refractivity contribution in [2.24, 2.45) is 5.73 Å². The van der Waals surface area contributed by atoms with Crippen LogP contribution in [0.4, 0.5) is 5.69 Å². The summed E-state index contributed by atoms with van der Waals surface area (Å²) in [6.45, 7) is 2.15. The maximum Gasteiger partial charge on any atom is 0.193 e. The molecule has 0 aliphatic rings. The van der Waals surface area contributed by atoms with Crippen LogP contribution in [0.2, 0.25) is 0 Å². The Kier molecular flexibility index (Phi) is 6.31. The second-order valence-electron chi connectivity index (χ2n) is 4.86. The van der Waals surface area contributed by atoms with Crippen LogP contribution < -0.4 is 11.5 Å². The monoisotopic (exact) mass is 284 g/mol. The fourth-order valence-electron chi connectivity index (χ4n) is 1.94. The Hall–Kier alpha value is -1.07. The van der Waals surface area contributed by atoms with Crippen LogP contribution in [0, 0.1) is 0 Å². The second kappa shape index (κ2) is 7.50. The van der Waals surface area contributed by atoms with E-state index in [2.05, 4.69) is 6.92 Å². The maximum atomic E-state index is 12.2. The van der Waals surface area contributed by atoms with Crippen molar-refractivity contribution in [1.82, 2.24) is 0 Å². The van der Waals surface area contributed by atoms with Gasteiger partial charge in [0.2, 0.25) is 0 Å². The van der Waals surface area contributed by atoms with Gasteiger partial charge < -0.3 is 11.5 Å². The number of rotatable bonds is 8. The molecule has 5 heteroatoms. The zero-order valence-electron chi connectivity index (χ0n) is 11.5. The minimum atomic E-state index is -3.43. The first-order chi connectivity index (χ1) is 8.98. The van der Waals surface area contributed by atoms with E-state index in [9.17, 15) is 8.42 Å². The molecular weight excluding hydrogens is 260 g/mol. The lowest BCUT2D eigenvalue weighted by molar-refractivity contribution is 0.553. The normalized spacial score (nSPS) is 13.4. The van der Waals surface area contributed by atoms with Gasteiger partial charge in [0.05, 0.1) is 4.90 Å². The highest BCUT2D eigenvalue weighted by Crippen LogP contribution is 2.19. The average molecular weight is 284 g/mol. The molecule has 1 rings (SSSR count). The van der Waals surface area contributed by atoms with Crippen molar-refractivity contribution in [3.63, 3.8) is 0 Å². The third-order valence-electron chi connectivity index (χ3n) is 3.20. The molecular formula is C14H24N2O2S. The summed E-state index contributed by atoms with van der Waals surface area (Å²) in [7, 11) is -3.43. The van der Waals surface area contributed by atoms with Gasteiger partial charge in [0.15, 0.2) is 9.84 Å². The highest BCUT2D eigenvalue weighted by Gasteiger charge is 2.23. The Labute approximate surface area is 116 Å². The molecule has 1 aromatic rings. The number of unbranched alkanes of at least 4 members (excludes halogenated alkanes) is 4. The summed E-state index contributed by atoms with van der Waals surface area (Å²) < 4.78 is 24.4. The topological polar surface area (TPSA) is 86.2 Å². The van der Waals surface area contributed by atoms with Crippen LogP contribution in [-0.2, 0) is 9.84 Å². The minimum Gasteiger partial charge on any atom is -0.399 e. The molecule has 0 amide bonds. The molecule has 0 bridgehead atoms. The van der Waals surface area contributed by atoms with E-state index >= 15 is 0 Å². The van der Waals surface area contributed by atoms with E-state index in [-0.39, 0.29) is 4.90 Å². The van der Waals surface area contributed by atoms with Gasteiger partial charge >= 0.3 is 0 Å². The zero-order chi connectivity index (χ0) is 14.3. The van der Waals surface area contributed by atoms with E-state index in [1.165, 1.54) is 25.0 Å². The molecule has 0 saturated carbocycles. The van der Waals surface area contributed by atoms with Crippen LogP contribution in [0.25, 0.3) is 0 Å². The summed E-state index contributed by atoms with van der Waals surface area (Å²) in [5.41, 5.74) is 11.9. The number of anilines is 1. The summed E-state index contributed by atoms with van der Waals surface area (Å²) in [5, 5.41) is -0.822. The molecule has 1 unspecified atom stereocenters. The number of hydrogen-bond acceptors (Lipinski definition) is 4. The first kappa shape index (κ1) is 16.0. The van der Waals surface area contributed by atoms with Crippen molar-refractivity contribution in [3.8, 4) is 0 Å². The Balaban J connectivity index is 2.54. The molecule has 0 aromatic heterocycles. The van der Waals surface area contributed by atoms with Crippen LogP contribution in [0.5, 0.6) is 0 Å². The van der Waals surface area contributed by atoms with Crippen molar-refractivity contribution in [2.75, 3.05) is 5.73 Å². The van der Waals surface area contributed by atoms with Crippen molar-refractivity contribution < 1.29 is 8.42 Å². The van der Waals surface area contributed by atoms with E-state index < -0.39 is 15.2 Å². The number of benzene rings is 1. The van der Waals surface area contributed by atoms with Crippen LogP contribution in [0.15, 0.2) is 29.2 Å². The molecule has 0 heterocycles. The van der Waals surface area contributed by atoms with Crippen molar-refractivity contribution >= 4 is 15.5 Å². The zero-order valence-corrected chi connectivity index (χ0v) is 12.3. The average Bonchev–Trinajstić information content (AvgIpc) is 2.38. The molecule has 0 saturated heterocycles. The predicted octanol–water partition coefficient (Wildman–Crippen LogP) is 2.69. The molecule has 0 radical (unpaired) electrons. The lowest BCUT2D eigenvalue weighted by atomic mass is 10.1. The van der Waals surface area contributed by atoms with Crippen LogP contribution in [0.3, 0.4) is 0 Å². The standard InChI is InChI=1S/C14H24N2O2S/c1-2-3-4-5-6-7-14(16)19(17,18)13-10-8-12(15)9-11-13/h8-11,14H,2-7,15-16H2,1H3. The number of hydrogen-bond donors (Lipinski definition) is 2. The molecule has 1 atom stereocenters. The fraction of sp³-hybridized carbons (Fsp3) is 0.571. The van der Waals surface area contributed by atoms with E-state index in [1.807, 2.05) is 0 Å². The van der Waals surface area contributed by atoms with E-state index in [4.69, 9.17) is 11.5 Å². The molecule has 0 fully saturated rings. The van der Waals surface area contributed by atoms with Gasteiger partial charge in [-0.25, -0.2) is 8.42 Å². The predicted molar refractivity (Wildman–Crippen MR) is 79.4 cm³/mol.